The monoisotopic (exact) mass is 445 g/mol. The molecule has 3 rings (SSSR count). The van der Waals surface area contributed by atoms with Gasteiger partial charge in [-0.25, -0.2) is 4.98 Å². The van der Waals surface area contributed by atoms with E-state index in [0.29, 0.717) is 22.3 Å². The average molecular weight is 446 g/mol. The number of aromatic nitrogens is 1. The van der Waals surface area contributed by atoms with E-state index in [1.54, 1.807) is 17.7 Å². The third kappa shape index (κ3) is 5.80. The normalized spacial score (nSPS) is 10.7. The Bertz CT molecular complexity index is 946. The third-order valence-electron chi connectivity index (χ3n) is 3.27. The summed E-state index contributed by atoms with van der Waals surface area (Å²) >= 11 is 4.77. The second-order valence-electron chi connectivity index (χ2n) is 5.33. The molecule has 1 heterocycles. The Balaban J connectivity index is 1.62. The zero-order chi connectivity index (χ0) is 19.1. The molecule has 3 aromatic rings. The van der Waals surface area contributed by atoms with Crippen LogP contribution in [-0.2, 0) is 4.79 Å². The van der Waals surface area contributed by atoms with Crippen molar-refractivity contribution in [1.82, 2.24) is 4.98 Å². The molecule has 0 aliphatic heterocycles. The molecule has 0 radical (unpaired) electrons. The van der Waals surface area contributed by atoms with Gasteiger partial charge in [-0.3, -0.25) is 10.2 Å². The van der Waals surface area contributed by atoms with E-state index in [1.807, 2.05) is 42.5 Å². The zero-order valence-electron chi connectivity index (χ0n) is 14.1. The predicted octanol–water partition coefficient (Wildman–Crippen LogP) is 3.95. The van der Waals surface area contributed by atoms with Crippen molar-refractivity contribution in [2.45, 2.75) is 0 Å². The molecule has 9 heteroatoms. The minimum absolute atomic E-state index is 0.117. The molecule has 0 bridgehead atoms. The second-order valence-corrected chi connectivity index (χ2v) is 7.11. The van der Waals surface area contributed by atoms with Gasteiger partial charge in [-0.05, 0) is 30.3 Å². The molecule has 1 amide bonds. The number of ether oxygens (including phenoxy) is 1. The first kappa shape index (κ1) is 18.9. The highest BCUT2D eigenvalue weighted by Gasteiger charge is 2.07. The molecule has 1 aromatic heterocycles. The van der Waals surface area contributed by atoms with Crippen LogP contribution in [0.4, 0.5) is 16.6 Å². The van der Waals surface area contributed by atoms with Crippen molar-refractivity contribution in [3.8, 4) is 5.75 Å². The Labute approximate surface area is 168 Å². The summed E-state index contributed by atoms with van der Waals surface area (Å²) < 4.78 is 6.51. The molecule has 0 aliphatic carbocycles. The smallest absolute Gasteiger partial charge is 0.262 e. The van der Waals surface area contributed by atoms with E-state index < -0.39 is 0 Å². The maximum atomic E-state index is 12.1. The molecule has 2 aromatic carbocycles. The van der Waals surface area contributed by atoms with Crippen LogP contribution in [0.2, 0.25) is 0 Å². The fourth-order valence-electron chi connectivity index (χ4n) is 2.11. The first-order valence-electron chi connectivity index (χ1n) is 7.87. The third-order valence-corrected chi connectivity index (χ3v) is 4.53. The molecule has 138 valence electrons. The molecule has 27 heavy (non-hydrogen) atoms. The SMILES string of the molecule is Nc1csc(NN=Cc2cc(Br)ccc2OCC(=O)Nc2ccccc2)n1. The number of nitrogen functional groups attached to an aromatic ring is 1. The lowest BCUT2D eigenvalue weighted by Gasteiger charge is -2.10. The van der Waals surface area contributed by atoms with E-state index in [4.69, 9.17) is 10.5 Å². The van der Waals surface area contributed by atoms with Crippen molar-refractivity contribution in [1.29, 1.82) is 0 Å². The van der Waals surface area contributed by atoms with Gasteiger partial charge in [0.1, 0.15) is 11.6 Å². The number of thiazole rings is 1. The van der Waals surface area contributed by atoms with Crippen LogP contribution >= 0.6 is 27.3 Å². The number of nitrogens with two attached hydrogens (primary N) is 1. The quantitative estimate of drug-likeness (QED) is 0.377. The second kappa shape index (κ2) is 9.15. The Hall–Kier alpha value is -2.91. The zero-order valence-corrected chi connectivity index (χ0v) is 16.5. The Morgan fingerprint density at radius 1 is 1.30 bits per heavy atom. The summed E-state index contributed by atoms with van der Waals surface area (Å²) in [5, 5.41) is 9.22. The Morgan fingerprint density at radius 2 is 2.11 bits per heavy atom. The van der Waals surface area contributed by atoms with Crippen LogP contribution in [0.15, 0.2) is 63.5 Å². The molecule has 0 atom stereocenters. The van der Waals surface area contributed by atoms with Gasteiger partial charge in [0.05, 0.1) is 6.21 Å². The fourth-order valence-corrected chi connectivity index (χ4v) is 3.04. The predicted molar refractivity (Wildman–Crippen MR) is 112 cm³/mol. The number of nitrogens with zero attached hydrogens (tertiary/aromatic N) is 2. The van der Waals surface area contributed by atoms with Gasteiger partial charge in [-0.1, -0.05) is 34.1 Å². The van der Waals surface area contributed by atoms with Gasteiger partial charge in [0.25, 0.3) is 5.91 Å². The number of benzene rings is 2. The number of carbonyl (C=O) groups is 1. The number of hydrogen-bond acceptors (Lipinski definition) is 7. The van der Waals surface area contributed by atoms with Crippen LogP contribution in [0.25, 0.3) is 0 Å². The average Bonchev–Trinajstić information content (AvgIpc) is 3.07. The van der Waals surface area contributed by atoms with Crippen molar-refractivity contribution >= 4 is 56.0 Å². The van der Waals surface area contributed by atoms with E-state index in [-0.39, 0.29) is 12.5 Å². The van der Waals surface area contributed by atoms with Crippen molar-refractivity contribution in [3.05, 3.63) is 63.9 Å². The van der Waals surface area contributed by atoms with E-state index in [9.17, 15) is 4.79 Å². The lowest BCUT2D eigenvalue weighted by molar-refractivity contribution is -0.118. The Morgan fingerprint density at radius 3 is 2.85 bits per heavy atom. The van der Waals surface area contributed by atoms with Crippen LogP contribution in [0.1, 0.15) is 5.56 Å². The van der Waals surface area contributed by atoms with E-state index in [2.05, 4.69) is 36.8 Å². The Kier molecular flexibility index (Phi) is 6.39. The molecular formula is C18H16BrN5O2S. The van der Waals surface area contributed by atoms with Crippen LogP contribution < -0.4 is 21.2 Å². The molecule has 0 saturated carbocycles. The summed E-state index contributed by atoms with van der Waals surface area (Å²) in [7, 11) is 0. The highest BCUT2D eigenvalue weighted by atomic mass is 79.9. The number of carbonyl (C=O) groups excluding carboxylic acids is 1. The number of amides is 1. The lowest BCUT2D eigenvalue weighted by atomic mass is 10.2. The first-order valence-corrected chi connectivity index (χ1v) is 9.55. The van der Waals surface area contributed by atoms with Gasteiger partial charge in [0.15, 0.2) is 6.61 Å². The maximum absolute atomic E-state index is 12.1. The number of anilines is 3. The highest BCUT2D eigenvalue weighted by Crippen LogP contribution is 2.22. The van der Waals surface area contributed by atoms with Gasteiger partial charge in [-0.2, -0.15) is 5.10 Å². The minimum atomic E-state index is -0.247. The topological polar surface area (TPSA) is 102 Å². The number of para-hydroxylation sites is 1. The summed E-state index contributed by atoms with van der Waals surface area (Å²) in [4.78, 5) is 16.1. The van der Waals surface area contributed by atoms with Gasteiger partial charge >= 0.3 is 0 Å². The summed E-state index contributed by atoms with van der Waals surface area (Å²) in [6.07, 6.45) is 1.59. The van der Waals surface area contributed by atoms with Crippen LogP contribution in [0, 0.1) is 0 Å². The molecule has 4 N–H and O–H groups in total. The summed E-state index contributed by atoms with van der Waals surface area (Å²) in [6.45, 7) is -0.117. The molecule has 0 fully saturated rings. The van der Waals surface area contributed by atoms with E-state index in [0.717, 1.165) is 10.2 Å². The fraction of sp³-hybridized carbons (Fsp3) is 0.0556. The standard InChI is InChI=1S/C18H16BrN5O2S/c19-13-6-7-15(26-10-17(25)22-14-4-2-1-3-5-14)12(8-13)9-21-24-18-23-16(20)11-27-18/h1-9,11H,10,20H2,(H,22,25)(H,23,24). The summed E-state index contributed by atoms with van der Waals surface area (Å²) in [6, 6.07) is 14.6. The molecule has 0 aliphatic rings. The lowest BCUT2D eigenvalue weighted by Crippen LogP contribution is -2.20. The van der Waals surface area contributed by atoms with Crippen LogP contribution in [-0.4, -0.2) is 23.7 Å². The largest absolute Gasteiger partial charge is 0.483 e. The number of hydrogen-bond donors (Lipinski definition) is 3. The molecular weight excluding hydrogens is 430 g/mol. The summed E-state index contributed by atoms with van der Waals surface area (Å²) in [5.74, 6) is 0.725. The van der Waals surface area contributed by atoms with Crippen LogP contribution in [0.5, 0.6) is 5.75 Å². The van der Waals surface area contributed by atoms with E-state index in [1.165, 1.54) is 11.3 Å². The van der Waals surface area contributed by atoms with Crippen molar-refractivity contribution < 1.29 is 9.53 Å². The maximum Gasteiger partial charge on any atom is 0.262 e. The van der Waals surface area contributed by atoms with Crippen molar-refractivity contribution in [3.63, 3.8) is 0 Å². The molecule has 0 unspecified atom stereocenters. The van der Waals surface area contributed by atoms with Crippen molar-refractivity contribution in [2.75, 3.05) is 23.1 Å². The molecule has 0 saturated heterocycles. The molecule has 7 nitrogen and oxygen atoms in total. The number of nitrogens with one attached hydrogen (secondary N) is 2. The van der Waals surface area contributed by atoms with Crippen LogP contribution in [0.3, 0.4) is 0 Å². The number of rotatable bonds is 7. The number of halogens is 1. The first-order chi connectivity index (χ1) is 13.1. The van der Waals surface area contributed by atoms with Gasteiger partial charge in [0.2, 0.25) is 5.13 Å². The molecule has 0 spiro atoms. The summed E-state index contributed by atoms with van der Waals surface area (Å²) in [5.41, 5.74) is 9.80. The van der Waals surface area contributed by atoms with Gasteiger partial charge in [-0.15, -0.1) is 11.3 Å². The highest BCUT2D eigenvalue weighted by molar-refractivity contribution is 9.10. The van der Waals surface area contributed by atoms with Gasteiger partial charge < -0.3 is 15.8 Å². The van der Waals surface area contributed by atoms with Gasteiger partial charge in [0, 0.05) is 21.1 Å². The minimum Gasteiger partial charge on any atom is -0.483 e. The van der Waals surface area contributed by atoms with E-state index >= 15 is 0 Å². The van der Waals surface area contributed by atoms with Crippen molar-refractivity contribution in [2.24, 2.45) is 5.10 Å². The number of hydrazone groups is 1.